The van der Waals surface area contributed by atoms with Gasteiger partial charge in [-0.15, -0.1) is 0 Å². The summed E-state index contributed by atoms with van der Waals surface area (Å²) in [4.78, 5) is 17.9. The lowest BCUT2D eigenvalue weighted by Gasteiger charge is -2.06. The van der Waals surface area contributed by atoms with E-state index in [1.807, 2.05) is 60.7 Å². The zero-order valence-corrected chi connectivity index (χ0v) is 19.2. The second kappa shape index (κ2) is 8.88. The van der Waals surface area contributed by atoms with Crippen molar-refractivity contribution in [2.75, 3.05) is 7.11 Å². The SMILES string of the molecule is COc1ccc(/C=C/C=Nn2c(-c3cc4cc(Br)ccc4o3)nc3ccccc3c2=O)cc1. The van der Waals surface area contributed by atoms with Gasteiger partial charge >= 0.3 is 0 Å². The normalized spacial score (nSPS) is 11.8. The first kappa shape index (κ1) is 20.9. The van der Waals surface area contributed by atoms with Crippen molar-refractivity contribution in [3.05, 3.63) is 99.3 Å². The van der Waals surface area contributed by atoms with Gasteiger partial charge in [0, 0.05) is 16.1 Å². The van der Waals surface area contributed by atoms with Crippen LogP contribution in [0.25, 0.3) is 39.5 Å². The standard InChI is InChI=1S/C26H18BrN3O3/c1-32-20-11-8-17(9-12-20)5-4-14-28-30-25(29-22-7-3-2-6-21(22)26(30)31)24-16-18-15-19(27)10-13-23(18)33-24/h2-16H,1H3/b5-4+,28-14?. The van der Waals surface area contributed by atoms with Crippen LogP contribution in [0, 0.1) is 0 Å². The molecule has 2 aromatic heterocycles. The summed E-state index contributed by atoms with van der Waals surface area (Å²) in [5, 5.41) is 5.79. The predicted octanol–water partition coefficient (Wildman–Crippen LogP) is 6.13. The number of para-hydroxylation sites is 1. The van der Waals surface area contributed by atoms with Crippen molar-refractivity contribution in [1.82, 2.24) is 9.66 Å². The van der Waals surface area contributed by atoms with Crippen LogP contribution in [-0.4, -0.2) is 23.0 Å². The summed E-state index contributed by atoms with van der Waals surface area (Å²) in [5.41, 5.74) is 1.99. The maximum absolute atomic E-state index is 13.2. The molecular formula is C26H18BrN3O3. The molecule has 162 valence electrons. The van der Waals surface area contributed by atoms with Crippen LogP contribution >= 0.6 is 15.9 Å². The number of ether oxygens (including phenoxy) is 1. The molecule has 5 aromatic rings. The summed E-state index contributed by atoms with van der Waals surface area (Å²) in [6, 6.07) is 22.4. The number of furan rings is 1. The highest BCUT2D eigenvalue weighted by atomic mass is 79.9. The third kappa shape index (κ3) is 4.23. The number of allylic oxidation sites excluding steroid dienone is 1. The van der Waals surface area contributed by atoms with E-state index in [9.17, 15) is 4.79 Å². The molecular weight excluding hydrogens is 482 g/mol. The zero-order valence-electron chi connectivity index (χ0n) is 17.6. The number of hydrogen-bond acceptors (Lipinski definition) is 5. The molecule has 0 amide bonds. The van der Waals surface area contributed by atoms with E-state index in [1.165, 1.54) is 4.68 Å². The Bertz CT molecular complexity index is 1580. The molecule has 6 nitrogen and oxygen atoms in total. The number of fused-ring (bicyclic) bond motifs is 2. The Labute approximate surface area is 197 Å². The second-order valence-corrected chi connectivity index (χ2v) is 8.17. The van der Waals surface area contributed by atoms with E-state index < -0.39 is 0 Å². The minimum Gasteiger partial charge on any atom is -0.497 e. The first-order valence-corrected chi connectivity index (χ1v) is 11.0. The third-order valence-corrected chi connectivity index (χ3v) is 5.62. The molecule has 33 heavy (non-hydrogen) atoms. The van der Waals surface area contributed by atoms with Gasteiger partial charge in [0.1, 0.15) is 11.3 Å². The number of methoxy groups -OCH3 is 1. The first-order chi connectivity index (χ1) is 16.1. The van der Waals surface area contributed by atoms with Crippen LogP contribution in [0.1, 0.15) is 5.56 Å². The molecule has 7 heteroatoms. The summed E-state index contributed by atoms with van der Waals surface area (Å²) < 4.78 is 13.4. The van der Waals surface area contributed by atoms with Crippen molar-refractivity contribution in [2.45, 2.75) is 0 Å². The molecule has 2 heterocycles. The van der Waals surface area contributed by atoms with Crippen LogP contribution in [0.4, 0.5) is 0 Å². The monoisotopic (exact) mass is 499 g/mol. The highest BCUT2D eigenvalue weighted by Gasteiger charge is 2.16. The summed E-state index contributed by atoms with van der Waals surface area (Å²) in [6.07, 6.45) is 5.22. The highest BCUT2D eigenvalue weighted by Crippen LogP contribution is 2.29. The number of hydrogen-bond donors (Lipinski definition) is 0. The molecule has 0 aliphatic carbocycles. The molecule has 0 aliphatic heterocycles. The van der Waals surface area contributed by atoms with Crippen molar-refractivity contribution in [3.8, 4) is 17.3 Å². The van der Waals surface area contributed by atoms with E-state index in [2.05, 4.69) is 26.0 Å². The van der Waals surface area contributed by atoms with Crippen LogP contribution in [0.5, 0.6) is 5.75 Å². The van der Waals surface area contributed by atoms with Gasteiger partial charge in [0.2, 0.25) is 5.82 Å². The number of nitrogens with zero attached hydrogens (tertiary/aromatic N) is 3. The Hall–Kier alpha value is -3.97. The lowest BCUT2D eigenvalue weighted by Crippen LogP contribution is -2.20. The second-order valence-electron chi connectivity index (χ2n) is 7.26. The van der Waals surface area contributed by atoms with E-state index in [1.54, 1.807) is 37.6 Å². The van der Waals surface area contributed by atoms with Crippen molar-refractivity contribution < 1.29 is 9.15 Å². The molecule has 0 bridgehead atoms. The first-order valence-electron chi connectivity index (χ1n) is 10.2. The predicted molar refractivity (Wildman–Crippen MR) is 135 cm³/mol. The summed E-state index contributed by atoms with van der Waals surface area (Å²) in [5.74, 6) is 1.58. The molecule has 0 atom stereocenters. The zero-order chi connectivity index (χ0) is 22.8. The summed E-state index contributed by atoms with van der Waals surface area (Å²) in [6.45, 7) is 0. The van der Waals surface area contributed by atoms with Gasteiger partial charge in [0.25, 0.3) is 5.56 Å². The average Bonchev–Trinajstić information content (AvgIpc) is 3.26. The van der Waals surface area contributed by atoms with Crippen molar-refractivity contribution in [3.63, 3.8) is 0 Å². The lowest BCUT2D eigenvalue weighted by atomic mass is 10.2. The van der Waals surface area contributed by atoms with Crippen molar-refractivity contribution >= 4 is 50.1 Å². The molecule has 0 aliphatic rings. The smallest absolute Gasteiger partial charge is 0.282 e. The minimum atomic E-state index is -0.272. The minimum absolute atomic E-state index is 0.272. The molecule has 0 radical (unpaired) electrons. The Morgan fingerprint density at radius 3 is 2.70 bits per heavy atom. The molecule has 0 N–H and O–H groups in total. The number of halogens is 1. The molecule has 0 unspecified atom stereocenters. The van der Waals surface area contributed by atoms with Crippen molar-refractivity contribution in [2.24, 2.45) is 5.10 Å². The maximum Gasteiger partial charge on any atom is 0.282 e. The lowest BCUT2D eigenvalue weighted by molar-refractivity contribution is 0.415. The van der Waals surface area contributed by atoms with Crippen LogP contribution < -0.4 is 10.3 Å². The summed E-state index contributed by atoms with van der Waals surface area (Å²) >= 11 is 3.48. The molecule has 5 rings (SSSR count). The molecule has 3 aromatic carbocycles. The molecule has 0 saturated carbocycles. The van der Waals surface area contributed by atoms with Gasteiger partial charge in [-0.2, -0.15) is 9.78 Å². The Morgan fingerprint density at radius 2 is 1.88 bits per heavy atom. The Kier molecular flexibility index (Phi) is 5.62. The fourth-order valence-corrected chi connectivity index (χ4v) is 3.87. The van der Waals surface area contributed by atoms with E-state index in [0.29, 0.717) is 28.1 Å². The molecule has 0 saturated heterocycles. The average molecular weight is 500 g/mol. The van der Waals surface area contributed by atoms with Crippen LogP contribution in [0.15, 0.2) is 97.7 Å². The van der Waals surface area contributed by atoms with Crippen LogP contribution in [-0.2, 0) is 0 Å². The van der Waals surface area contributed by atoms with Crippen LogP contribution in [0.3, 0.4) is 0 Å². The van der Waals surface area contributed by atoms with Gasteiger partial charge in [-0.25, -0.2) is 4.98 Å². The fraction of sp³-hybridized carbons (Fsp3) is 0.0385. The fourth-order valence-electron chi connectivity index (χ4n) is 3.49. The Balaban J connectivity index is 1.58. The van der Waals surface area contributed by atoms with E-state index in [4.69, 9.17) is 9.15 Å². The number of aromatic nitrogens is 2. The van der Waals surface area contributed by atoms with Gasteiger partial charge in [-0.3, -0.25) is 4.79 Å². The van der Waals surface area contributed by atoms with E-state index in [0.717, 1.165) is 21.2 Å². The van der Waals surface area contributed by atoms with Crippen LogP contribution in [0.2, 0.25) is 0 Å². The van der Waals surface area contributed by atoms with Gasteiger partial charge in [-0.05, 0) is 60.2 Å². The van der Waals surface area contributed by atoms with Gasteiger partial charge < -0.3 is 9.15 Å². The molecule has 0 spiro atoms. The largest absolute Gasteiger partial charge is 0.497 e. The maximum atomic E-state index is 13.2. The van der Waals surface area contributed by atoms with Gasteiger partial charge in [-0.1, -0.05) is 46.3 Å². The molecule has 0 fully saturated rings. The van der Waals surface area contributed by atoms with E-state index in [-0.39, 0.29) is 5.56 Å². The number of rotatable bonds is 5. The number of benzene rings is 3. The van der Waals surface area contributed by atoms with Gasteiger partial charge in [0.05, 0.1) is 18.0 Å². The third-order valence-electron chi connectivity index (χ3n) is 5.13. The summed E-state index contributed by atoms with van der Waals surface area (Å²) in [7, 11) is 1.63. The highest BCUT2D eigenvalue weighted by molar-refractivity contribution is 9.10. The quantitative estimate of drug-likeness (QED) is 0.273. The van der Waals surface area contributed by atoms with Gasteiger partial charge in [0.15, 0.2) is 5.76 Å². The topological polar surface area (TPSA) is 69.6 Å². The van der Waals surface area contributed by atoms with E-state index >= 15 is 0 Å². The Morgan fingerprint density at radius 1 is 1.06 bits per heavy atom. The van der Waals surface area contributed by atoms with Crippen molar-refractivity contribution in [1.29, 1.82) is 0 Å².